The first-order valence-electron chi connectivity index (χ1n) is 5.37. The highest BCUT2D eigenvalue weighted by Crippen LogP contribution is 2.15. The molecule has 1 aromatic carbocycles. The minimum atomic E-state index is -1.56. The molecule has 0 aromatic heterocycles. The van der Waals surface area contributed by atoms with Crippen molar-refractivity contribution in [3.8, 4) is 5.75 Å². The molecular formula is C12H18O3Si. The van der Waals surface area contributed by atoms with E-state index < -0.39 is 8.07 Å². The Morgan fingerprint density at radius 2 is 2.00 bits per heavy atom. The van der Waals surface area contributed by atoms with Crippen molar-refractivity contribution in [1.29, 1.82) is 0 Å². The van der Waals surface area contributed by atoms with Crippen LogP contribution in [0.3, 0.4) is 0 Å². The van der Waals surface area contributed by atoms with Gasteiger partial charge in [0.2, 0.25) is 0 Å². The fraction of sp³-hybridized carbons (Fsp3) is 0.417. The van der Waals surface area contributed by atoms with E-state index in [0.717, 1.165) is 5.19 Å². The van der Waals surface area contributed by atoms with E-state index >= 15 is 0 Å². The zero-order valence-electron chi connectivity index (χ0n) is 10.2. The minimum absolute atomic E-state index is 0.199. The predicted octanol–water partition coefficient (Wildman–Crippen LogP) is 2.11. The highest BCUT2D eigenvalue weighted by Gasteiger charge is 2.21. The Bertz CT molecular complexity index is 394. The number of phenolic OH excluding ortho intramolecular Hbond substituents is 1. The summed E-state index contributed by atoms with van der Waals surface area (Å²) in [5, 5.41) is 10.8. The topological polar surface area (TPSA) is 46.5 Å². The molecule has 0 spiro atoms. The maximum atomic E-state index is 11.4. The summed E-state index contributed by atoms with van der Waals surface area (Å²) >= 11 is 0. The van der Waals surface area contributed by atoms with Crippen LogP contribution in [-0.4, -0.2) is 25.8 Å². The molecule has 0 saturated carbocycles. The number of benzene rings is 1. The van der Waals surface area contributed by atoms with Crippen molar-refractivity contribution in [1.82, 2.24) is 0 Å². The Kier molecular flexibility index (Phi) is 3.75. The van der Waals surface area contributed by atoms with Gasteiger partial charge in [0.05, 0.1) is 20.2 Å². The number of esters is 1. The average molecular weight is 238 g/mol. The van der Waals surface area contributed by atoms with Crippen LogP contribution in [0.25, 0.3) is 0 Å². The molecule has 88 valence electrons. The second kappa shape index (κ2) is 4.70. The van der Waals surface area contributed by atoms with Gasteiger partial charge in [-0.1, -0.05) is 25.7 Å². The Hall–Kier alpha value is -1.29. The summed E-state index contributed by atoms with van der Waals surface area (Å²) in [6.07, 6.45) is 0. The minimum Gasteiger partial charge on any atom is -0.508 e. The third kappa shape index (κ3) is 2.85. The molecule has 0 heterocycles. The lowest BCUT2D eigenvalue weighted by atomic mass is 10.2. The molecule has 0 amide bonds. The van der Waals surface area contributed by atoms with Gasteiger partial charge in [-0.3, -0.25) is 0 Å². The van der Waals surface area contributed by atoms with Crippen LogP contribution < -0.4 is 5.19 Å². The SMILES string of the molecule is CCOC(=O)c1ccc([Si](C)(C)C)c(O)c1. The van der Waals surface area contributed by atoms with Gasteiger partial charge in [-0.05, 0) is 24.2 Å². The summed E-state index contributed by atoms with van der Waals surface area (Å²) in [4.78, 5) is 11.4. The summed E-state index contributed by atoms with van der Waals surface area (Å²) in [5.74, 6) is -0.190. The summed E-state index contributed by atoms with van der Waals surface area (Å²) in [5.41, 5.74) is 0.404. The second-order valence-electron chi connectivity index (χ2n) is 4.70. The number of hydrogen-bond acceptors (Lipinski definition) is 3. The first kappa shape index (κ1) is 12.8. The molecule has 0 aliphatic rings. The quantitative estimate of drug-likeness (QED) is 0.648. The number of carbonyl (C=O) groups is 1. The smallest absolute Gasteiger partial charge is 0.338 e. The molecule has 4 heteroatoms. The van der Waals surface area contributed by atoms with Crippen LogP contribution in [0, 0.1) is 0 Å². The van der Waals surface area contributed by atoms with E-state index in [1.165, 1.54) is 6.07 Å². The Labute approximate surface area is 97.1 Å². The van der Waals surface area contributed by atoms with Gasteiger partial charge in [0, 0.05) is 0 Å². The fourth-order valence-electron chi connectivity index (χ4n) is 1.51. The molecule has 0 radical (unpaired) electrons. The maximum Gasteiger partial charge on any atom is 0.338 e. The van der Waals surface area contributed by atoms with Crippen molar-refractivity contribution in [3.05, 3.63) is 23.8 Å². The molecule has 0 saturated heterocycles. The van der Waals surface area contributed by atoms with Crippen LogP contribution in [0.5, 0.6) is 5.75 Å². The molecule has 0 bridgehead atoms. The monoisotopic (exact) mass is 238 g/mol. The molecule has 0 aliphatic heterocycles. The van der Waals surface area contributed by atoms with Gasteiger partial charge in [-0.25, -0.2) is 4.79 Å². The average Bonchev–Trinajstić information content (AvgIpc) is 2.16. The van der Waals surface area contributed by atoms with Crippen LogP contribution in [0.4, 0.5) is 0 Å². The maximum absolute atomic E-state index is 11.4. The van der Waals surface area contributed by atoms with E-state index in [9.17, 15) is 9.90 Å². The predicted molar refractivity (Wildman–Crippen MR) is 67.0 cm³/mol. The molecule has 0 aliphatic carbocycles. The number of phenols is 1. The molecule has 0 fully saturated rings. The zero-order chi connectivity index (χ0) is 12.3. The van der Waals surface area contributed by atoms with Crippen molar-refractivity contribution in [2.75, 3.05) is 6.61 Å². The number of aromatic hydroxyl groups is 1. The fourth-order valence-corrected chi connectivity index (χ4v) is 2.93. The van der Waals surface area contributed by atoms with Crippen LogP contribution in [0.15, 0.2) is 18.2 Å². The van der Waals surface area contributed by atoms with Gasteiger partial charge in [0.15, 0.2) is 0 Å². The largest absolute Gasteiger partial charge is 0.508 e. The van der Waals surface area contributed by atoms with Crippen LogP contribution in [0.1, 0.15) is 17.3 Å². The molecule has 0 atom stereocenters. The normalized spacial score (nSPS) is 11.2. The zero-order valence-corrected chi connectivity index (χ0v) is 11.2. The summed E-state index contributed by atoms with van der Waals surface area (Å²) in [7, 11) is -1.56. The Balaban J connectivity index is 3.05. The number of rotatable bonds is 3. The van der Waals surface area contributed by atoms with E-state index in [2.05, 4.69) is 19.6 Å². The molecular weight excluding hydrogens is 220 g/mol. The van der Waals surface area contributed by atoms with Crippen molar-refractivity contribution >= 4 is 19.2 Å². The molecule has 1 N–H and O–H groups in total. The number of ether oxygens (including phenoxy) is 1. The number of carbonyl (C=O) groups excluding carboxylic acids is 1. The van der Waals surface area contributed by atoms with Gasteiger partial charge in [0.25, 0.3) is 0 Å². The van der Waals surface area contributed by atoms with E-state index in [4.69, 9.17) is 4.74 Å². The first-order valence-corrected chi connectivity index (χ1v) is 8.87. The van der Waals surface area contributed by atoms with Gasteiger partial charge in [-0.2, -0.15) is 0 Å². The molecule has 1 aromatic rings. The second-order valence-corrected chi connectivity index (χ2v) is 9.74. The molecule has 1 rings (SSSR count). The van der Waals surface area contributed by atoms with E-state index in [-0.39, 0.29) is 11.7 Å². The molecule has 3 nitrogen and oxygen atoms in total. The van der Waals surface area contributed by atoms with Gasteiger partial charge >= 0.3 is 5.97 Å². The third-order valence-corrected chi connectivity index (χ3v) is 4.36. The van der Waals surface area contributed by atoms with E-state index in [0.29, 0.717) is 12.2 Å². The third-order valence-electron chi connectivity index (χ3n) is 2.32. The Morgan fingerprint density at radius 1 is 1.38 bits per heavy atom. The summed E-state index contributed by atoms with van der Waals surface area (Å²) in [6.45, 7) is 8.54. The van der Waals surface area contributed by atoms with Gasteiger partial charge in [-0.15, -0.1) is 0 Å². The Morgan fingerprint density at radius 3 is 2.44 bits per heavy atom. The van der Waals surface area contributed by atoms with Crippen LogP contribution >= 0.6 is 0 Å². The highest BCUT2D eigenvalue weighted by molar-refractivity contribution is 6.89. The lowest BCUT2D eigenvalue weighted by Crippen LogP contribution is -2.37. The van der Waals surface area contributed by atoms with Gasteiger partial charge < -0.3 is 9.84 Å². The van der Waals surface area contributed by atoms with E-state index in [1.807, 2.05) is 6.07 Å². The first-order chi connectivity index (χ1) is 7.36. The summed E-state index contributed by atoms with van der Waals surface area (Å²) < 4.78 is 4.87. The molecule has 16 heavy (non-hydrogen) atoms. The van der Waals surface area contributed by atoms with E-state index in [1.54, 1.807) is 13.0 Å². The van der Waals surface area contributed by atoms with Crippen molar-refractivity contribution in [2.45, 2.75) is 26.6 Å². The highest BCUT2D eigenvalue weighted by atomic mass is 28.3. The summed E-state index contributed by atoms with van der Waals surface area (Å²) in [6, 6.07) is 5.03. The molecule has 0 unspecified atom stereocenters. The number of hydrogen-bond donors (Lipinski definition) is 1. The van der Waals surface area contributed by atoms with Crippen LogP contribution in [-0.2, 0) is 4.74 Å². The van der Waals surface area contributed by atoms with Crippen molar-refractivity contribution in [3.63, 3.8) is 0 Å². The van der Waals surface area contributed by atoms with Gasteiger partial charge in [0.1, 0.15) is 5.75 Å². The van der Waals surface area contributed by atoms with Crippen molar-refractivity contribution < 1.29 is 14.6 Å². The lowest BCUT2D eigenvalue weighted by Gasteiger charge is -2.18. The lowest BCUT2D eigenvalue weighted by molar-refractivity contribution is 0.0526. The van der Waals surface area contributed by atoms with Crippen LogP contribution in [0.2, 0.25) is 19.6 Å². The standard InChI is InChI=1S/C12H18O3Si/c1-5-15-12(14)9-6-7-11(10(13)8-9)16(2,3)4/h6-8,13H,5H2,1-4H3. The van der Waals surface area contributed by atoms with Crippen molar-refractivity contribution in [2.24, 2.45) is 0 Å².